The number of fused-ring (bicyclic) bond motifs is 1. The monoisotopic (exact) mass is 470 g/mol. The second-order valence-corrected chi connectivity index (χ2v) is 9.03. The average molecular weight is 471 g/mol. The molecule has 0 aliphatic heterocycles. The van der Waals surface area contributed by atoms with E-state index in [-0.39, 0.29) is 18.3 Å². The van der Waals surface area contributed by atoms with Gasteiger partial charge >= 0.3 is 5.97 Å². The van der Waals surface area contributed by atoms with Gasteiger partial charge in [0, 0.05) is 49.0 Å². The number of benzene rings is 1. The summed E-state index contributed by atoms with van der Waals surface area (Å²) in [7, 11) is 4.74. The Morgan fingerprint density at radius 1 is 1.26 bits per heavy atom. The van der Waals surface area contributed by atoms with Crippen molar-refractivity contribution in [2.45, 2.75) is 59.4 Å². The van der Waals surface area contributed by atoms with Crippen LogP contribution in [0.5, 0.6) is 17.2 Å². The third kappa shape index (κ3) is 5.58. The zero-order valence-corrected chi connectivity index (χ0v) is 20.8. The third-order valence-electron chi connectivity index (χ3n) is 6.12. The molecule has 184 valence electrons. The van der Waals surface area contributed by atoms with Crippen LogP contribution in [0.3, 0.4) is 0 Å². The summed E-state index contributed by atoms with van der Waals surface area (Å²) in [6.07, 6.45) is 4.60. The Morgan fingerprint density at radius 2 is 1.94 bits per heavy atom. The van der Waals surface area contributed by atoms with Crippen molar-refractivity contribution in [3.63, 3.8) is 0 Å². The zero-order valence-electron chi connectivity index (χ0n) is 20.8. The number of rotatable bonds is 9. The summed E-state index contributed by atoms with van der Waals surface area (Å²) in [5, 5.41) is 13.8. The SMILES string of the molecule is CCn1nc(C(N=COc2cc(OC)c(CCC(=O)O)c(OC)c2)=NC)c2c1CC(C)(C)CC2. The summed E-state index contributed by atoms with van der Waals surface area (Å²) in [6, 6.07) is 3.37. The topological polar surface area (TPSA) is 108 Å². The fourth-order valence-corrected chi connectivity index (χ4v) is 4.31. The number of aliphatic carboxylic acids is 1. The molecule has 9 nitrogen and oxygen atoms in total. The Morgan fingerprint density at radius 3 is 2.50 bits per heavy atom. The average Bonchev–Trinajstić information content (AvgIpc) is 3.16. The van der Waals surface area contributed by atoms with Crippen molar-refractivity contribution in [1.82, 2.24) is 9.78 Å². The summed E-state index contributed by atoms with van der Waals surface area (Å²) >= 11 is 0. The van der Waals surface area contributed by atoms with Gasteiger partial charge in [-0.15, -0.1) is 0 Å². The van der Waals surface area contributed by atoms with E-state index in [0.29, 0.717) is 28.6 Å². The number of aromatic nitrogens is 2. The second-order valence-electron chi connectivity index (χ2n) is 9.03. The van der Waals surface area contributed by atoms with Gasteiger partial charge in [0.2, 0.25) is 0 Å². The summed E-state index contributed by atoms with van der Waals surface area (Å²) in [5.74, 6) is 1.06. The molecule has 1 aliphatic rings. The minimum atomic E-state index is -0.890. The van der Waals surface area contributed by atoms with Gasteiger partial charge in [-0.2, -0.15) is 10.1 Å². The van der Waals surface area contributed by atoms with Gasteiger partial charge < -0.3 is 19.3 Å². The number of hydrogen-bond donors (Lipinski definition) is 1. The number of ether oxygens (including phenoxy) is 3. The Hall–Kier alpha value is -3.36. The van der Waals surface area contributed by atoms with Gasteiger partial charge in [-0.25, -0.2) is 0 Å². The lowest BCUT2D eigenvalue weighted by molar-refractivity contribution is -0.136. The molecule has 1 aromatic heterocycles. The molecule has 0 amide bonds. The maximum atomic E-state index is 11.0. The number of carboxylic acids is 1. The molecule has 0 atom stereocenters. The number of aryl methyl sites for hydroxylation is 1. The molecule has 0 saturated carbocycles. The summed E-state index contributed by atoms with van der Waals surface area (Å²) in [5.41, 5.74) is 4.20. The molecule has 2 aromatic rings. The largest absolute Gasteiger partial charge is 0.496 e. The quantitative estimate of drug-likeness (QED) is 0.439. The Balaban J connectivity index is 1.83. The molecule has 34 heavy (non-hydrogen) atoms. The molecular weight excluding hydrogens is 436 g/mol. The van der Waals surface area contributed by atoms with Crippen LogP contribution in [0.1, 0.15) is 56.1 Å². The lowest BCUT2D eigenvalue weighted by Gasteiger charge is -2.30. The molecule has 0 spiro atoms. The number of hydrogen-bond acceptors (Lipinski definition) is 6. The maximum absolute atomic E-state index is 11.0. The Labute approximate surface area is 200 Å². The van der Waals surface area contributed by atoms with Crippen LogP contribution >= 0.6 is 0 Å². The highest BCUT2D eigenvalue weighted by atomic mass is 16.5. The molecule has 1 N–H and O–H groups in total. The lowest BCUT2D eigenvalue weighted by Crippen LogP contribution is -2.24. The number of carbonyl (C=O) groups is 1. The van der Waals surface area contributed by atoms with Crippen molar-refractivity contribution in [3.8, 4) is 17.2 Å². The first-order valence-electron chi connectivity index (χ1n) is 11.4. The number of methoxy groups -OCH3 is 2. The van der Waals surface area contributed by atoms with Crippen LogP contribution in [0.2, 0.25) is 0 Å². The fourth-order valence-electron chi connectivity index (χ4n) is 4.31. The van der Waals surface area contributed by atoms with Crippen LogP contribution in [-0.4, -0.2) is 54.4 Å². The predicted molar refractivity (Wildman–Crippen MR) is 131 cm³/mol. The lowest BCUT2D eigenvalue weighted by atomic mass is 9.76. The van der Waals surface area contributed by atoms with Gasteiger partial charge in [-0.3, -0.25) is 14.5 Å². The van der Waals surface area contributed by atoms with Crippen molar-refractivity contribution in [2.75, 3.05) is 21.3 Å². The summed E-state index contributed by atoms with van der Waals surface area (Å²) in [6.45, 7) is 7.47. The van der Waals surface area contributed by atoms with E-state index in [9.17, 15) is 4.79 Å². The van der Waals surface area contributed by atoms with Gasteiger partial charge in [-0.1, -0.05) is 13.8 Å². The molecule has 0 bridgehead atoms. The van der Waals surface area contributed by atoms with Crippen molar-refractivity contribution in [2.24, 2.45) is 15.4 Å². The maximum Gasteiger partial charge on any atom is 0.303 e. The highest BCUT2D eigenvalue weighted by Crippen LogP contribution is 2.37. The Bertz CT molecular complexity index is 1080. The molecule has 3 rings (SSSR count). The first kappa shape index (κ1) is 25.3. The predicted octanol–water partition coefficient (Wildman–Crippen LogP) is 3.94. The normalized spacial score (nSPS) is 15.3. The highest BCUT2D eigenvalue weighted by Gasteiger charge is 2.31. The standard InChI is InChI=1S/C25H34N4O5/c1-7-29-19-14-25(2,3)11-10-17(19)23(28-29)24(26-4)27-15-34-16-12-20(32-5)18(8-9-22(30)31)21(13-16)33-6/h12-13,15H,7-11,14H2,1-6H3,(H,30,31). The van der Waals surface area contributed by atoms with Gasteiger partial charge in [0.15, 0.2) is 12.2 Å². The molecule has 0 fully saturated rings. The summed E-state index contributed by atoms with van der Waals surface area (Å²) < 4.78 is 18.7. The van der Waals surface area contributed by atoms with Gasteiger partial charge in [-0.05, 0) is 38.0 Å². The molecular formula is C25H34N4O5. The van der Waals surface area contributed by atoms with E-state index in [1.54, 1.807) is 19.2 Å². The van der Waals surface area contributed by atoms with E-state index in [0.717, 1.165) is 31.5 Å². The minimum absolute atomic E-state index is 0.0311. The molecule has 1 aromatic carbocycles. The van der Waals surface area contributed by atoms with Crippen molar-refractivity contribution in [1.29, 1.82) is 0 Å². The highest BCUT2D eigenvalue weighted by molar-refractivity contribution is 6.02. The van der Waals surface area contributed by atoms with Crippen LogP contribution in [0.25, 0.3) is 0 Å². The van der Waals surface area contributed by atoms with Crippen LogP contribution in [0.4, 0.5) is 0 Å². The minimum Gasteiger partial charge on any atom is -0.496 e. The number of nitrogens with zero attached hydrogens (tertiary/aromatic N) is 4. The number of amidine groups is 1. The van der Waals surface area contributed by atoms with Crippen LogP contribution in [0, 0.1) is 5.41 Å². The van der Waals surface area contributed by atoms with E-state index in [4.69, 9.17) is 24.4 Å². The van der Waals surface area contributed by atoms with E-state index in [2.05, 4.69) is 35.4 Å². The first-order chi connectivity index (χ1) is 16.2. The van der Waals surface area contributed by atoms with Crippen molar-refractivity contribution in [3.05, 3.63) is 34.6 Å². The molecule has 0 unspecified atom stereocenters. The van der Waals surface area contributed by atoms with E-state index in [1.807, 2.05) is 0 Å². The Kier molecular flexibility index (Phi) is 7.96. The second kappa shape index (κ2) is 10.7. The van der Waals surface area contributed by atoms with Crippen molar-refractivity contribution >= 4 is 18.2 Å². The molecule has 0 radical (unpaired) electrons. The van der Waals surface area contributed by atoms with Gasteiger partial charge in [0.05, 0.1) is 14.2 Å². The van der Waals surface area contributed by atoms with Gasteiger partial charge in [0.1, 0.15) is 22.9 Å². The summed E-state index contributed by atoms with van der Waals surface area (Å²) in [4.78, 5) is 19.8. The van der Waals surface area contributed by atoms with Gasteiger partial charge in [0.25, 0.3) is 0 Å². The van der Waals surface area contributed by atoms with Crippen LogP contribution < -0.4 is 14.2 Å². The van der Waals surface area contributed by atoms with Crippen LogP contribution in [-0.2, 0) is 30.6 Å². The zero-order chi connectivity index (χ0) is 24.9. The molecule has 1 aliphatic carbocycles. The van der Waals surface area contributed by atoms with Crippen LogP contribution in [0.15, 0.2) is 22.1 Å². The fraction of sp³-hybridized carbons (Fsp3) is 0.520. The first-order valence-corrected chi connectivity index (χ1v) is 11.4. The number of aliphatic imine (C=N–C) groups is 2. The number of carboxylic acid groups (broad SMARTS) is 1. The van der Waals surface area contributed by atoms with E-state index >= 15 is 0 Å². The molecule has 0 saturated heterocycles. The molecule has 1 heterocycles. The third-order valence-corrected chi connectivity index (χ3v) is 6.12. The molecule has 9 heteroatoms. The van der Waals surface area contributed by atoms with E-state index in [1.165, 1.54) is 31.9 Å². The van der Waals surface area contributed by atoms with E-state index < -0.39 is 5.97 Å². The smallest absolute Gasteiger partial charge is 0.303 e. The van der Waals surface area contributed by atoms with Crippen molar-refractivity contribution < 1.29 is 24.1 Å².